The van der Waals surface area contributed by atoms with E-state index in [2.05, 4.69) is 0 Å². The van der Waals surface area contributed by atoms with Gasteiger partial charge in [-0.2, -0.15) is 0 Å². The van der Waals surface area contributed by atoms with Crippen molar-refractivity contribution < 1.29 is 24.1 Å². The Hall–Kier alpha value is -2.18. The van der Waals surface area contributed by atoms with E-state index in [0.717, 1.165) is 29.7 Å². The van der Waals surface area contributed by atoms with Gasteiger partial charge in [-0.3, -0.25) is 0 Å². The van der Waals surface area contributed by atoms with E-state index in [1.807, 2.05) is 60.7 Å². The van der Waals surface area contributed by atoms with Crippen molar-refractivity contribution >= 4 is 0 Å². The maximum atomic E-state index is 10.4. The minimum atomic E-state index is -0.692. The lowest BCUT2D eigenvalue weighted by Gasteiger charge is -2.28. The quantitative estimate of drug-likeness (QED) is 0.650. The second-order valence-electron chi connectivity index (χ2n) is 7.16. The van der Waals surface area contributed by atoms with E-state index in [9.17, 15) is 5.11 Å². The fraction of sp³-hybridized carbons (Fsp3) is 0.417. The summed E-state index contributed by atoms with van der Waals surface area (Å²) in [6.45, 7) is 1.81. The van der Waals surface area contributed by atoms with Crippen LogP contribution >= 0.6 is 0 Å². The van der Waals surface area contributed by atoms with Gasteiger partial charge in [-0.05, 0) is 36.1 Å². The van der Waals surface area contributed by atoms with E-state index in [1.54, 1.807) is 13.2 Å². The summed E-state index contributed by atoms with van der Waals surface area (Å²) in [5.41, 5.74) is 2.18. The number of benzene rings is 2. The Bertz CT molecular complexity index is 729. The summed E-state index contributed by atoms with van der Waals surface area (Å²) >= 11 is 0. The number of aliphatic hydroxyl groups excluding tert-OH is 1. The molecule has 0 saturated heterocycles. The SMILES string of the molecule is COc1ccc(COC[C@@H]2O[C@@H](COCc3ccccc3)CC/C=C\[C@H]2O)cc1. The van der Waals surface area contributed by atoms with E-state index in [4.69, 9.17) is 18.9 Å². The van der Waals surface area contributed by atoms with Crippen molar-refractivity contribution in [1.29, 1.82) is 0 Å². The largest absolute Gasteiger partial charge is 0.497 e. The Balaban J connectivity index is 1.47. The van der Waals surface area contributed by atoms with Crippen LogP contribution in [0.4, 0.5) is 0 Å². The second kappa shape index (κ2) is 11.7. The molecule has 0 fully saturated rings. The molecule has 3 atom stereocenters. The topological polar surface area (TPSA) is 57.2 Å². The Labute approximate surface area is 172 Å². The summed E-state index contributed by atoms with van der Waals surface area (Å²) in [5.74, 6) is 0.816. The zero-order valence-electron chi connectivity index (χ0n) is 16.9. The van der Waals surface area contributed by atoms with Gasteiger partial charge in [-0.1, -0.05) is 54.6 Å². The number of ether oxygens (including phenoxy) is 4. The molecule has 0 unspecified atom stereocenters. The van der Waals surface area contributed by atoms with Crippen LogP contribution in [-0.2, 0) is 27.4 Å². The van der Waals surface area contributed by atoms with Crippen LogP contribution in [0.3, 0.4) is 0 Å². The zero-order chi connectivity index (χ0) is 20.3. The first-order chi connectivity index (χ1) is 14.2. The van der Waals surface area contributed by atoms with Crippen molar-refractivity contribution in [3.63, 3.8) is 0 Å². The highest BCUT2D eigenvalue weighted by molar-refractivity contribution is 5.26. The standard InChI is InChI=1S/C24H30O5/c1-26-21-13-11-20(12-14-21)16-28-18-24-23(25)10-6-5-9-22(29-24)17-27-15-19-7-3-2-4-8-19/h2-4,6-8,10-14,22-25H,5,9,15-18H2,1H3/b10-6-/t22-,23-,24+/m1/s1. The van der Waals surface area contributed by atoms with Crippen molar-refractivity contribution in [2.45, 2.75) is 44.4 Å². The Morgan fingerprint density at radius 2 is 1.62 bits per heavy atom. The molecule has 1 heterocycles. The van der Waals surface area contributed by atoms with Gasteiger partial charge in [0.1, 0.15) is 18.0 Å². The van der Waals surface area contributed by atoms with E-state index in [0.29, 0.717) is 26.4 Å². The van der Waals surface area contributed by atoms with Crippen LogP contribution < -0.4 is 4.74 Å². The third-order valence-electron chi connectivity index (χ3n) is 4.86. The molecule has 0 radical (unpaired) electrons. The first-order valence-corrected chi connectivity index (χ1v) is 10.1. The molecule has 29 heavy (non-hydrogen) atoms. The average Bonchev–Trinajstić information content (AvgIpc) is 2.75. The van der Waals surface area contributed by atoms with Gasteiger partial charge in [-0.15, -0.1) is 0 Å². The van der Waals surface area contributed by atoms with Crippen molar-refractivity contribution in [2.75, 3.05) is 20.3 Å². The van der Waals surface area contributed by atoms with Crippen LogP contribution in [0.2, 0.25) is 0 Å². The summed E-state index contributed by atoms with van der Waals surface area (Å²) in [6, 6.07) is 17.8. The number of aliphatic hydroxyl groups is 1. The van der Waals surface area contributed by atoms with Crippen LogP contribution in [0.1, 0.15) is 24.0 Å². The Kier molecular flexibility index (Phi) is 8.71. The highest BCUT2D eigenvalue weighted by Gasteiger charge is 2.24. The van der Waals surface area contributed by atoms with Crippen LogP contribution in [0.25, 0.3) is 0 Å². The summed E-state index contributed by atoms with van der Waals surface area (Å²) in [5, 5.41) is 10.4. The number of allylic oxidation sites excluding steroid dienone is 1. The minimum Gasteiger partial charge on any atom is -0.497 e. The molecule has 156 valence electrons. The summed E-state index contributed by atoms with van der Waals surface area (Å²) < 4.78 is 23.0. The monoisotopic (exact) mass is 398 g/mol. The smallest absolute Gasteiger partial charge is 0.118 e. The van der Waals surface area contributed by atoms with Crippen LogP contribution in [0, 0.1) is 0 Å². The molecular weight excluding hydrogens is 368 g/mol. The van der Waals surface area contributed by atoms with Gasteiger partial charge >= 0.3 is 0 Å². The van der Waals surface area contributed by atoms with E-state index in [-0.39, 0.29) is 6.10 Å². The fourth-order valence-corrected chi connectivity index (χ4v) is 3.20. The Morgan fingerprint density at radius 1 is 0.931 bits per heavy atom. The molecule has 0 bridgehead atoms. The molecule has 0 aliphatic carbocycles. The molecule has 2 aromatic carbocycles. The van der Waals surface area contributed by atoms with Crippen LogP contribution in [0.5, 0.6) is 5.75 Å². The van der Waals surface area contributed by atoms with Gasteiger partial charge in [0.05, 0.1) is 39.6 Å². The third kappa shape index (κ3) is 7.29. The zero-order valence-corrected chi connectivity index (χ0v) is 16.9. The summed E-state index contributed by atoms with van der Waals surface area (Å²) in [4.78, 5) is 0. The average molecular weight is 398 g/mol. The van der Waals surface area contributed by atoms with Gasteiger partial charge in [0, 0.05) is 0 Å². The maximum absolute atomic E-state index is 10.4. The lowest BCUT2D eigenvalue weighted by atomic mass is 10.1. The predicted molar refractivity (Wildman–Crippen MR) is 112 cm³/mol. The molecule has 2 aromatic rings. The van der Waals surface area contributed by atoms with Gasteiger partial charge in [0.25, 0.3) is 0 Å². The Morgan fingerprint density at radius 3 is 2.34 bits per heavy atom. The molecule has 0 amide bonds. The third-order valence-corrected chi connectivity index (χ3v) is 4.86. The highest BCUT2D eigenvalue weighted by Crippen LogP contribution is 2.17. The minimum absolute atomic E-state index is 0.0760. The van der Waals surface area contributed by atoms with Gasteiger partial charge < -0.3 is 24.1 Å². The van der Waals surface area contributed by atoms with E-state index >= 15 is 0 Å². The van der Waals surface area contributed by atoms with E-state index in [1.165, 1.54) is 0 Å². The maximum Gasteiger partial charge on any atom is 0.118 e. The molecule has 0 saturated carbocycles. The second-order valence-corrected chi connectivity index (χ2v) is 7.16. The van der Waals surface area contributed by atoms with E-state index < -0.39 is 12.2 Å². The molecule has 5 nitrogen and oxygen atoms in total. The van der Waals surface area contributed by atoms with Crippen molar-refractivity contribution in [1.82, 2.24) is 0 Å². The molecule has 0 spiro atoms. The first kappa shape index (κ1) is 21.5. The van der Waals surface area contributed by atoms with Crippen molar-refractivity contribution in [2.24, 2.45) is 0 Å². The van der Waals surface area contributed by atoms with Gasteiger partial charge in [0.2, 0.25) is 0 Å². The summed E-state index contributed by atoms with van der Waals surface area (Å²) in [7, 11) is 1.65. The lowest BCUT2D eigenvalue weighted by molar-refractivity contribution is -0.123. The molecule has 0 aromatic heterocycles. The molecule has 3 rings (SSSR count). The van der Waals surface area contributed by atoms with Crippen molar-refractivity contribution in [3.8, 4) is 5.75 Å². The first-order valence-electron chi connectivity index (χ1n) is 10.1. The van der Waals surface area contributed by atoms with Crippen LogP contribution in [-0.4, -0.2) is 43.7 Å². The number of methoxy groups -OCH3 is 1. The van der Waals surface area contributed by atoms with Crippen LogP contribution in [0.15, 0.2) is 66.7 Å². The normalized spacial score (nSPS) is 23.2. The predicted octanol–water partition coefficient (Wildman–Crippen LogP) is 3.89. The number of hydrogen-bond acceptors (Lipinski definition) is 5. The molecular formula is C24H30O5. The lowest BCUT2D eigenvalue weighted by Crippen LogP contribution is -2.38. The highest BCUT2D eigenvalue weighted by atomic mass is 16.6. The fourth-order valence-electron chi connectivity index (χ4n) is 3.20. The number of rotatable bonds is 9. The number of hydrogen-bond donors (Lipinski definition) is 1. The van der Waals surface area contributed by atoms with Gasteiger partial charge in [0.15, 0.2) is 0 Å². The molecule has 1 aliphatic rings. The molecule has 1 N–H and O–H groups in total. The van der Waals surface area contributed by atoms with Crippen molar-refractivity contribution in [3.05, 3.63) is 77.9 Å². The summed E-state index contributed by atoms with van der Waals surface area (Å²) in [6.07, 6.45) is 4.32. The molecule has 1 aliphatic heterocycles. The molecule has 5 heteroatoms. The van der Waals surface area contributed by atoms with Gasteiger partial charge in [-0.25, -0.2) is 0 Å².